The number of aromatic nitrogens is 2. The van der Waals surface area contributed by atoms with Crippen LogP contribution in [0.2, 0.25) is 0 Å². The van der Waals surface area contributed by atoms with Gasteiger partial charge >= 0.3 is 0 Å². The highest BCUT2D eigenvalue weighted by molar-refractivity contribution is 5.76. The lowest BCUT2D eigenvalue weighted by Gasteiger charge is -2.15. The number of rotatable bonds is 8. The maximum Gasteiger partial charge on any atom is 0.249 e. The second-order valence-corrected chi connectivity index (χ2v) is 7.12. The Morgan fingerprint density at radius 1 is 0.833 bits per heavy atom. The summed E-state index contributed by atoms with van der Waals surface area (Å²) in [5, 5.41) is 7.19. The van der Waals surface area contributed by atoms with Crippen molar-refractivity contribution in [1.82, 2.24) is 15.5 Å². The number of carbonyl (C=O) groups excluding carboxylic acids is 1. The molecule has 4 rings (SSSR count). The van der Waals surface area contributed by atoms with E-state index >= 15 is 0 Å². The van der Waals surface area contributed by atoms with E-state index in [1.807, 2.05) is 91.0 Å². The first kappa shape index (κ1) is 19.6. The van der Waals surface area contributed by atoms with E-state index in [2.05, 4.69) is 15.5 Å². The number of hydrogen-bond acceptors (Lipinski definition) is 4. The molecule has 1 heterocycles. The topological polar surface area (TPSA) is 68.0 Å². The Balaban J connectivity index is 1.49. The van der Waals surface area contributed by atoms with Crippen molar-refractivity contribution >= 4 is 5.91 Å². The molecule has 0 aliphatic rings. The summed E-state index contributed by atoms with van der Waals surface area (Å²) in [5.41, 5.74) is 3.10. The van der Waals surface area contributed by atoms with Crippen molar-refractivity contribution in [2.45, 2.75) is 25.3 Å². The average Bonchev–Trinajstić information content (AvgIpc) is 3.30. The van der Waals surface area contributed by atoms with Crippen LogP contribution in [-0.4, -0.2) is 16.0 Å². The van der Waals surface area contributed by atoms with Crippen LogP contribution >= 0.6 is 0 Å². The first-order valence-electron chi connectivity index (χ1n) is 10.0. The summed E-state index contributed by atoms with van der Waals surface area (Å²) in [6.07, 6.45) is 1.66. The molecule has 0 fully saturated rings. The first-order valence-corrected chi connectivity index (χ1v) is 10.0. The Labute approximate surface area is 175 Å². The number of hydrogen-bond donors (Lipinski definition) is 1. The summed E-state index contributed by atoms with van der Waals surface area (Å²) in [6.45, 7) is 0. The molecule has 0 aliphatic carbocycles. The van der Waals surface area contributed by atoms with Crippen molar-refractivity contribution < 1.29 is 9.32 Å². The highest BCUT2D eigenvalue weighted by Gasteiger charge is 2.22. The molecule has 4 aromatic rings. The van der Waals surface area contributed by atoms with Gasteiger partial charge in [-0.25, -0.2) is 0 Å². The molecular formula is C25H23N3O2. The summed E-state index contributed by atoms with van der Waals surface area (Å²) in [5.74, 6) is 0.882. The van der Waals surface area contributed by atoms with Crippen LogP contribution in [-0.2, 0) is 17.6 Å². The Morgan fingerprint density at radius 2 is 1.43 bits per heavy atom. The van der Waals surface area contributed by atoms with E-state index in [-0.39, 0.29) is 11.9 Å². The molecule has 0 saturated carbocycles. The Hall–Kier alpha value is -3.73. The zero-order chi connectivity index (χ0) is 20.6. The highest BCUT2D eigenvalue weighted by Crippen LogP contribution is 2.21. The monoisotopic (exact) mass is 397 g/mol. The third-order valence-corrected chi connectivity index (χ3v) is 4.87. The Bertz CT molecular complexity index is 1060. The number of benzene rings is 3. The third-order valence-electron chi connectivity index (χ3n) is 4.87. The SMILES string of the molecule is O=C(CCc1ccccc1)NC(Cc1ccccc1)c1nc(-c2ccccc2)no1. The number of carbonyl (C=O) groups is 1. The van der Waals surface area contributed by atoms with Crippen molar-refractivity contribution in [2.24, 2.45) is 0 Å². The van der Waals surface area contributed by atoms with Crippen LogP contribution in [0.1, 0.15) is 29.5 Å². The van der Waals surface area contributed by atoms with E-state index in [0.717, 1.165) is 16.7 Å². The van der Waals surface area contributed by atoms with Gasteiger partial charge in [-0.2, -0.15) is 4.98 Å². The molecule has 1 aromatic heterocycles. The lowest BCUT2D eigenvalue weighted by molar-refractivity contribution is -0.122. The Kier molecular flexibility index (Phi) is 6.30. The van der Waals surface area contributed by atoms with Gasteiger partial charge in [-0.15, -0.1) is 0 Å². The van der Waals surface area contributed by atoms with Gasteiger partial charge < -0.3 is 9.84 Å². The van der Waals surface area contributed by atoms with Gasteiger partial charge in [-0.05, 0) is 17.5 Å². The van der Waals surface area contributed by atoms with Gasteiger partial charge in [0.15, 0.2) is 0 Å². The molecular weight excluding hydrogens is 374 g/mol. The van der Waals surface area contributed by atoms with Crippen LogP contribution in [0.15, 0.2) is 95.5 Å². The van der Waals surface area contributed by atoms with E-state index < -0.39 is 0 Å². The molecule has 30 heavy (non-hydrogen) atoms. The van der Waals surface area contributed by atoms with Crippen LogP contribution in [0.25, 0.3) is 11.4 Å². The van der Waals surface area contributed by atoms with Crippen LogP contribution in [0, 0.1) is 0 Å². The number of aryl methyl sites for hydroxylation is 1. The number of nitrogens with one attached hydrogen (secondary N) is 1. The van der Waals surface area contributed by atoms with Gasteiger partial charge in [0.1, 0.15) is 6.04 Å². The smallest absolute Gasteiger partial charge is 0.249 e. The van der Waals surface area contributed by atoms with Gasteiger partial charge in [0.2, 0.25) is 17.6 Å². The molecule has 5 heteroatoms. The second-order valence-electron chi connectivity index (χ2n) is 7.12. The molecule has 0 saturated heterocycles. The third kappa shape index (κ3) is 5.20. The van der Waals surface area contributed by atoms with Crippen molar-refractivity contribution in [2.75, 3.05) is 0 Å². The second kappa shape index (κ2) is 9.65. The summed E-state index contributed by atoms with van der Waals surface area (Å²) < 4.78 is 5.54. The van der Waals surface area contributed by atoms with Crippen molar-refractivity contribution in [1.29, 1.82) is 0 Å². The van der Waals surface area contributed by atoms with Crippen molar-refractivity contribution in [3.05, 3.63) is 108 Å². The molecule has 0 radical (unpaired) electrons. The van der Waals surface area contributed by atoms with Crippen LogP contribution < -0.4 is 5.32 Å². The van der Waals surface area contributed by atoms with E-state index in [0.29, 0.717) is 31.0 Å². The quantitative estimate of drug-likeness (QED) is 0.465. The average molecular weight is 397 g/mol. The lowest BCUT2D eigenvalue weighted by Crippen LogP contribution is -2.30. The van der Waals surface area contributed by atoms with E-state index in [1.54, 1.807) is 0 Å². The summed E-state index contributed by atoms with van der Waals surface area (Å²) in [7, 11) is 0. The Morgan fingerprint density at radius 3 is 2.10 bits per heavy atom. The predicted molar refractivity (Wildman–Crippen MR) is 116 cm³/mol. The van der Waals surface area contributed by atoms with Gasteiger partial charge in [0.25, 0.3) is 0 Å². The van der Waals surface area contributed by atoms with E-state index in [9.17, 15) is 4.79 Å². The molecule has 1 unspecified atom stereocenters. The van der Waals surface area contributed by atoms with Gasteiger partial charge in [0, 0.05) is 18.4 Å². The summed E-state index contributed by atoms with van der Waals surface area (Å²) in [4.78, 5) is 17.2. The fourth-order valence-corrected chi connectivity index (χ4v) is 3.30. The maximum absolute atomic E-state index is 12.7. The van der Waals surface area contributed by atoms with Crippen LogP contribution in [0.5, 0.6) is 0 Å². The number of nitrogens with zero attached hydrogens (tertiary/aromatic N) is 2. The fourth-order valence-electron chi connectivity index (χ4n) is 3.30. The van der Waals surface area contributed by atoms with Gasteiger partial charge in [-0.1, -0.05) is 96.2 Å². The molecule has 0 spiro atoms. The number of amides is 1. The molecule has 0 bridgehead atoms. The van der Waals surface area contributed by atoms with Crippen LogP contribution in [0.3, 0.4) is 0 Å². The fraction of sp³-hybridized carbons (Fsp3) is 0.160. The molecule has 0 aliphatic heterocycles. The minimum absolute atomic E-state index is 0.0424. The minimum Gasteiger partial charge on any atom is -0.344 e. The first-order chi connectivity index (χ1) is 14.8. The predicted octanol–water partition coefficient (Wildman–Crippen LogP) is 4.77. The largest absolute Gasteiger partial charge is 0.344 e. The van der Waals surface area contributed by atoms with E-state index in [1.165, 1.54) is 0 Å². The molecule has 1 N–H and O–H groups in total. The molecule has 1 amide bonds. The maximum atomic E-state index is 12.7. The van der Waals surface area contributed by atoms with E-state index in [4.69, 9.17) is 4.52 Å². The molecule has 5 nitrogen and oxygen atoms in total. The minimum atomic E-state index is -0.388. The standard InChI is InChI=1S/C25H23N3O2/c29-23(17-16-19-10-4-1-5-11-19)26-22(18-20-12-6-2-7-13-20)25-27-24(28-30-25)21-14-8-3-9-15-21/h1-15,22H,16-18H2,(H,26,29). The normalized spacial score (nSPS) is 11.7. The molecule has 1 atom stereocenters. The zero-order valence-electron chi connectivity index (χ0n) is 16.6. The van der Waals surface area contributed by atoms with Crippen LogP contribution in [0.4, 0.5) is 0 Å². The molecule has 3 aromatic carbocycles. The summed E-state index contributed by atoms with van der Waals surface area (Å²) in [6, 6.07) is 29.2. The lowest BCUT2D eigenvalue weighted by atomic mass is 10.0. The van der Waals surface area contributed by atoms with Crippen molar-refractivity contribution in [3.63, 3.8) is 0 Å². The highest BCUT2D eigenvalue weighted by atomic mass is 16.5. The molecule has 150 valence electrons. The van der Waals surface area contributed by atoms with Crippen molar-refractivity contribution in [3.8, 4) is 11.4 Å². The van der Waals surface area contributed by atoms with Gasteiger partial charge in [0.05, 0.1) is 0 Å². The van der Waals surface area contributed by atoms with Gasteiger partial charge in [-0.3, -0.25) is 4.79 Å². The zero-order valence-corrected chi connectivity index (χ0v) is 16.6. The summed E-state index contributed by atoms with van der Waals surface area (Å²) >= 11 is 0.